The number of hydrogen-bond donors (Lipinski definition) is 0. The maximum absolute atomic E-state index is 11.4. The molecule has 0 saturated carbocycles. The van der Waals surface area contributed by atoms with E-state index in [1.165, 1.54) is 0 Å². The summed E-state index contributed by atoms with van der Waals surface area (Å²) in [6.07, 6.45) is 1.74. The molecule has 4 heteroatoms. The van der Waals surface area contributed by atoms with Crippen LogP contribution in [0.3, 0.4) is 0 Å². The van der Waals surface area contributed by atoms with Crippen molar-refractivity contribution in [3.8, 4) is 0 Å². The van der Waals surface area contributed by atoms with Gasteiger partial charge in [-0.1, -0.05) is 13.8 Å². The standard InChI is InChI=1S/C13H20N2OS/c1-4-15(5-2)9-10-17-13-12(11(3)16)7-6-8-14-13/h6-8H,4-5,9-10H2,1-3H3. The van der Waals surface area contributed by atoms with E-state index < -0.39 is 0 Å². The normalized spacial score (nSPS) is 10.8. The molecule has 3 nitrogen and oxygen atoms in total. The lowest BCUT2D eigenvalue weighted by molar-refractivity contribution is 0.101. The zero-order valence-electron chi connectivity index (χ0n) is 10.8. The Morgan fingerprint density at radius 1 is 1.41 bits per heavy atom. The van der Waals surface area contributed by atoms with Crippen LogP contribution in [0.4, 0.5) is 0 Å². The number of nitrogens with zero attached hydrogens (tertiary/aromatic N) is 2. The van der Waals surface area contributed by atoms with Crippen LogP contribution in [-0.2, 0) is 0 Å². The van der Waals surface area contributed by atoms with Gasteiger partial charge in [-0.25, -0.2) is 4.98 Å². The Hall–Kier alpha value is -0.870. The summed E-state index contributed by atoms with van der Waals surface area (Å²) in [7, 11) is 0. The average molecular weight is 252 g/mol. The number of hydrogen-bond acceptors (Lipinski definition) is 4. The van der Waals surface area contributed by atoms with Crippen LogP contribution in [0.15, 0.2) is 23.4 Å². The highest BCUT2D eigenvalue weighted by atomic mass is 32.2. The summed E-state index contributed by atoms with van der Waals surface area (Å²) in [6.45, 7) is 9.08. The minimum atomic E-state index is 0.0865. The van der Waals surface area contributed by atoms with E-state index in [1.807, 2.05) is 12.1 Å². The largest absolute Gasteiger partial charge is 0.303 e. The number of Topliss-reactive ketones (excluding diaryl/α,β-unsaturated/α-hetero) is 1. The minimum Gasteiger partial charge on any atom is -0.303 e. The van der Waals surface area contributed by atoms with Crippen molar-refractivity contribution in [2.24, 2.45) is 0 Å². The molecule has 0 aromatic carbocycles. The van der Waals surface area contributed by atoms with E-state index in [0.717, 1.165) is 36.0 Å². The fourth-order valence-corrected chi connectivity index (χ4v) is 2.63. The molecule has 0 unspecified atom stereocenters. The van der Waals surface area contributed by atoms with Crippen LogP contribution in [-0.4, -0.2) is 41.1 Å². The van der Waals surface area contributed by atoms with Gasteiger partial charge in [-0.3, -0.25) is 4.79 Å². The van der Waals surface area contributed by atoms with E-state index in [2.05, 4.69) is 23.7 Å². The van der Waals surface area contributed by atoms with Crippen molar-refractivity contribution in [2.45, 2.75) is 25.8 Å². The fraction of sp³-hybridized carbons (Fsp3) is 0.538. The predicted octanol–water partition coefficient (Wildman–Crippen LogP) is 2.72. The topological polar surface area (TPSA) is 33.2 Å². The van der Waals surface area contributed by atoms with Crippen molar-refractivity contribution >= 4 is 17.5 Å². The predicted molar refractivity (Wildman–Crippen MR) is 72.8 cm³/mol. The summed E-state index contributed by atoms with van der Waals surface area (Å²) in [5.41, 5.74) is 0.733. The molecule has 0 fully saturated rings. The summed E-state index contributed by atoms with van der Waals surface area (Å²) in [6, 6.07) is 3.65. The second kappa shape index (κ2) is 7.45. The van der Waals surface area contributed by atoms with Crippen molar-refractivity contribution in [3.63, 3.8) is 0 Å². The Kier molecular flexibility index (Phi) is 6.22. The maximum atomic E-state index is 11.4. The third-order valence-electron chi connectivity index (χ3n) is 2.69. The summed E-state index contributed by atoms with van der Waals surface area (Å²) in [5.74, 6) is 1.06. The Morgan fingerprint density at radius 3 is 2.71 bits per heavy atom. The van der Waals surface area contributed by atoms with Gasteiger partial charge >= 0.3 is 0 Å². The Labute approximate surface area is 108 Å². The Morgan fingerprint density at radius 2 is 2.12 bits per heavy atom. The van der Waals surface area contributed by atoms with Gasteiger partial charge in [0.2, 0.25) is 0 Å². The van der Waals surface area contributed by atoms with Crippen molar-refractivity contribution in [1.29, 1.82) is 0 Å². The summed E-state index contributed by atoms with van der Waals surface area (Å²) in [5, 5.41) is 0.854. The molecule has 0 bridgehead atoms. The molecule has 1 aromatic heterocycles. The molecule has 0 spiro atoms. The molecule has 0 radical (unpaired) electrons. The highest BCUT2D eigenvalue weighted by Crippen LogP contribution is 2.20. The maximum Gasteiger partial charge on any atom is 0.162 e. The number of thioether (sulfide) groups is 1. The lowest BCUT2D eigenvalue weighted by Crippen LogP contribution is -2.25. The first-order chi connectivity index (χ1) is 8.19. The van der Waals surface area contributed by atoms with Gasteiger partial charge in [0.05, 0.1) is 0 Å². The average Bonchev–Trinajstić information content (AvgIpc) is 2.35. The van der Waals surface area contributed by atoms with Gasteiger partial charge in [0.1, 0.15) is 5.03 Å². The second-order valence-electron chi connectivity index (χ2n) is 3.79. The first-order valence-corrected chi connectivity index (χ1v) is 6.98. The molecule has 0 aliphatic carbocycles. The van der Waals surface area contributed by atoms with Gasteiger partial charge in [-0.15, -0.1) is 11.8 Å². The van der Waals surface area contributed by atoms with E-state index in [1.54, 1.807) is 24.9 Å². The highest BCUT2D eigenvalue weighted by Gasteiger charge is 2.08. The summed E-state index contributed by atoms with van der Waals surface area (Å²) >= 11 is 1.66. The molecule has 0 aliphatic heterocycles. The van der Waals surface area contributed by atoms with E-state index in [9.17, 15) is 4.79 Å². The zero-order valence-corrected chi connectivity index (χ0v) is 11.6. The fourth-order valence-electron chi connectivity index (χ4n) is 1.59. The molecule has 0 amide bonds. The molecule has 1 heterocycles. The van der Waals surface area contributed by atoms with Crippen LogP contribution in [0.1, 0.15) is 31.1 Å². The lowest BCUT2D eigenvalue weighted by atomic mass is 10.2. The number of aromatic nitrogens is 1. The van der Waals surface area contributed by atoms with Crippen molar-refractivity contribution < 1.29 is 4.79 Å². The molecule has 0 aliphatic rings. The third-order valence-corrected chi connectivity index (χ3v) is 3.68. The van der Waals surface area contributed by atoms with Crippen LogP contribution >= 0.6 is 11.8 Å². The second-order valence-corrected chi connectivity index (χ2v) is 4.87. The molecule has 1 aromatic rings. The number of carbonyl (C=O) groups is 1. The highest BCUT2D eigenvalue weighted by molar-refractivity contribution is 7.99. The quantitative estimate of drug-likeness (QED) is 0.552. The number of pyridine rings is 1. The van der Waals surface area contributed by atoms with Crippen LogP contribution in [0.25, 0.3) is 0 Å². The SMILES string of the molecule is CCN(CC)CCSc1ncccc1C(C)=O. The van der Waals surface area contributed by atoms with Crippen LogP contribution in [0.5, 0.6) is 0 Å². The van der Waals surface area contributed by atoms with E-state index in [-0.39, 0.29) is 5.78 Å². The molecular formula is C13H20N2OS. The van der Waals surface area contributed by atoms with Gasteiger partial charge in [0, 0.05) is 24.1 Å². The molecule has 94 valence electrons. The first-order valence-electron chi connectivity index (χ1n) is 6.00. The first kappa shape index (κ1) is 14.2. The molecular weight excluding hydrogens is 232 g/mol. The van der Waals surface area contributed by atoms with Gasteiger partial charge in [-0.05, 0) is 32.1 Å². The van der Waals surface area contributed by atoms with Crippen LogP contribution in [0.2, 0.25) is 0 Å². The van der Waals surface area contributed by atoms with Gasteiger partial charge in [0.25, 0.3) is 0 Å². The van der Waals surface area contributed by atoms with Crippen LogP contribution < -0.4 is 0 Å². The minimum absolute atomic E-state index is 0.0865. The van der Waals surface area contributed by atoms with Crippen molar-refractivity contribution in [1.82, 2.24) is 9.88 Å². The molecule has 0 N–H and O–H groups in total. The van der Waals surface area contributed by atoms with E-state index in [0.29, 0.717) is 0 Å². The number of ketones is 1. The molecule has 1 rings (SSSR count). The third kappa shape index (κ3) is 4.48. The molecule has 0 saturated heterocycles. The van der Waals surface area contributed by atoms with Gasteiger partial charge < -0.3 is 4.90 Å². The molecule has 17 heavy (non-hydrogen) atoms. The Bertz CT molecular complexity index is 364. The number of carbonyl (C=O) groups excluding carboxylic acids is 1. The smallest absolute Gasteiger partial charge is 0.162 e. The monoisotopic (exact) mass is 252 g/mol. The van der Waals surface area contributed by atoms with Crippen LogP contribution in [0, 0.1) is 0 Å². The lowest BCUT2D eigenvalue weighted by Gasteiger charge is -2.17. The number of rotatable bonds is 7. The van der Waals surface area contributed by atoms with E-state index >= 15 is 0 Å². The Balaban J connectivity index is 2.54. The van der Waals surface area contributed by atoms with E-state index in [4.69, 9.17) is 0 Å². The summed E-state index contributed by atoms with van der Waals surface area (Å²) < 4.78 is 0. The van der Waals surface area contributed by atoms with Crippen molar-refractivity contribution in [2.75, 3.05) is 25.4 Å². The van der Waals surface area contributed by atoms with Crippen molar-refractivity contribution in [3.05, 3.63) is 23.9 Å². The zero-order chi connectivity index (χ0) is 12.7. The van der Waals surface area contributed by atoms with Gasteiger partial charge in [-0.2, -0.15) is 0 Å². The summed E-state index contributed by atoms with van der Waals surface area (Å²) in [4.78, 5) is 18.0. The molecule has 0 atom stereocenters. The van der Waals surface area contributed by atoms with Gasteiger partial charge in [0.15, 0.2) is 5.78 Å².